The number of rotatable bonds is 5. The zero-order valence-electron chi connectivity index (χ0n) is 8.78. The van der Waals surface area contributed by atoms with Gasteiger partial charge in [0, 0.05) is 4.43 Å². The fourth-order valence-corrected chi connectivity index (χ4v) is 2.59. The van der Waals surface area contributed by atoms with Gasteiger partial charge in [0.15, 0.2) is 0 Å². The Morgan fingerprint density at radius 2 is 1.75 bits per heavy atom. The van der Waals surface area contributed by atoms with Gasteiger partial charge in [0.1, 0.15) is 0 Å². The van der Waals surface area contributed by atoms with Crippen LogP contribution in [0, 0.1) is 5.41 Å². The highest BCUT2D eigenvalue weighted by atomic mass is 127. The first kappa shape index (κ1) is 12.5. The van der Waals surface area contributed by atoms with E-state index in [0.717, 1.165) is 0 Å². The normalized spacial score (nSPS) is 11.4. The van der Waals surface area contributed by atoms with Crippen LogP contribution in [0.1, 0.15) is 47.0 Å². The van der Waals surface area contributed by atoms with Gasteiger partial charge >= 0.3 is 0 Å². The monoisotopic (exact) mass is 280 g/mol. The van der Waals surface area contributed by atoms with Crippen molar-refractivity contribution < 1.29 is 0 Å². The van der Waals surface area contributed by atoms with Crippen LogP contribution in [0.25, 0.3) is 0 Å². The molecule has 0 rings (SSSR count). The van der Waals surface area contributed by atoms with E-state index in [2.05, 4.69) is 56.4 Å². The molecule has 12 heavy (non-hydrogen) atoms. The molecule has 0 aliphatic carbocycles. The Bertz CT molecular complexity index is 131. The average Bonchev–Trinajstić information content (AvgIpc) is 2.08. The van der Waals surface area contributed by atoms with Crippen molar-refractivity contribution in [3.8, 4) is 0 Å². The van der Waals surface area contributed by atoms with Gasteiger partial charge in [0.05, 0.1) is 0 Å². The number of allylic oxidation sites excluding steroid dienone is 2. The van der Waals surface area contributed by atoms with Crippen molar-refractivity contribution >= 4 is 22.6 Å². The lowest BCUT2D eigenvalue weighted by molar-refractivity contribution is 0.316. The molecule has 0 unspecified atom stereocenters. The van der Waals surface area contributed by atoms with Gasteiger partial charge in [0.25, 0.3) is 0 Å². The number of halogens is 1. The molecule has 0 atom stereocenters. The molecule has 0 aliphatic heterocycles. The first-order chi connectivity index (χ1) is 5.60. The lowest BCUT2D eigenvalue weighted by atomic mass is 9.81. The number of hydrogen-bond donors (Lipinski definition) is 0. The van der Waals surface area contributed by atoms with Gasteiger partial charge in [-0.05, 0) is 38.5 Å². The second-order valence-corrected chi connectivity index (χ2v) is 4.59. The maximum Gasteiger partial charge on any atom is 0.00547 e. The van der Waals surface area contributed by atoms with Crippen molar-refractivity contribution in [1.29, 1.82) is 0 Å². The minimum Gasteiger partial charge on any atom is -0.0858 e. The molecule has 0 N–H and O–H groups in total. The summed E-state index contributed by atoms with van der Waals surface area (Å²) in [5.74, 6) is 0. The van der Waals surface area contributed by atoms with Crippen LogP contribution in [0.15, 0.2) is 11.6 Å². The highest BCUT2D eigenvalue weighted by molar-refractivity contribution is 14.1. The standard InChI is InChI=1S/C11H21I/c1-5-11(6-2,9-12)8-7-10(3)4/h7H,5-6,8-9H2,1-4H3. The molecule has 0 aromatic heterocycles. The van der Waals surface area contributed by atoms with E-state index in [0.29, 0.717) is 5.41 Å². The third-order valence-corrected chi connectivity index (χ3v) is 4.34. The highest BCUT2D eigenvalue weighted by Gasteiger charge is 2.22. The molecule has 0 aromatic rings. The van der Waals surface area contributed by atoms with E-state index in [1.54, 1.807) is 0 Å². The maximum absolute atomic E-state index is 2.52. The van der Waals surface area contributed by atoms with Crippen molar-refractivity contribution in [2.24, 2.45) is 5.41 Å². The van der Waals surface area contributed by atoms with Crippen LogP contribution < -0.4 is 0 Å². The zero-order valence-corrected chi connectivity index (χ0v) is 10.9. The molecule has 0 spiro atoms. The van der Waals surface area contributed by atoms with Crippen LogP contribution in [0.2, 0.25) is 0 Å². The summed E-state index contributed by atoms with van der Waals surface area (Å²) in [6.45, 7) is 8.98. The summed E-state index contributed by atoms with van der Waals surface area (Å²) >= 11 is 2.52. The summed E-state index contributed by atoms with van der Waals surface area (Å²) in [5.41, 5.74) is 2.02. The van der Waals surface area contributed by atoms with Crippen molar-refractivity contribution in [2.45, 2.75) is 47.0 Å². The van der Waals surface area contributed by atoms with Crippen LogP contribution in [0.5, 0.6) is 0 Å². The molecule has 0 heterocycles. The van der Waals surface area contributed by atoms with Crippen LogP contribution in [0.4, 0.5) is 0 Å². The first-order valence-corrected chi connectivity index (χ1v) is 6.32. The van der Waals surface area contributed by atoms with Gasteiger partial charge in [-0.2, -0.15) is 0 Å². The van der Waals surface area contributed by atoms with E-state index in [-0.39, 0.29) is 0 Å². The Kier molecular flexibility index (Phi) is 6.24. The third-order valence-electron chi connectivity index (χ3n) is 2.73. The maximum atomic E-state index is 2.52. The van der Waals surface area contributed by atoms with E-state index in [1.807, 2.05) is 0 Å². The van der Waals surface area contributed by atoms with E-state index >= 15 is 0 Å². The predicted molar refractivity (Wildman–Crippen MR) is 66.0 cm³/mol. The lowest BCUT2D eigenvalue weighted by Gasteiger charge is -2.28. The third kappa shape index (κ3) is 3.92. The van der Waals surface area contributed by atoms with E-state index in [1.165, 1.54) is 29.3 Å². The summed E-state index contributed by atoms with van der Waals surface area (Å²) in [7, 11) is 0. The molecule has 0 saturated heterocycles. The van der Waals surface area contributed by atoms with Gasteiger partial charge < -0.3 is 0 Å². The Morgan fingerprint density at radius 3 is 2.00 bits per heavy atom. The summed E-state index contributed by atoms with van der Waals surface area (Å²) in [4.78, 5) is 0. The fraction of sp³-hybridized carbons (Fsp3) is 0.818. The quantitative estimate of drug-likeness (QED) is 0.393. The summed E-state index contributed by atoms with van der Waals surface area (Å²) in [6.07, 6.45) is 6.24. The summed E-state index contributed by atoms with van der Waals surface area (Å²) < 4.78 is 1.28. The topological polar surface area (TPSA) is 0 Å². The molecule has 0 fully saturated rings. The fourth-order valence-electron chi connectivity index (χ4n) is 1.20. The predicted octanol–water partition coefficient (Wildman–Crippen LogP) is 4.58. The zero-order chi connectivity index (χ0) is 9.61. The first-order valence-electron chi connectivity index (χ1n) is 4.79. The molecule has 0 aromatic carbocycles. The molecule has 0 bridgehead atoms. The van der Waals surface area contributed by atoms with Gasteiger partial charge in [-0.1, -0.05) is 48.1 Å². The Labute approximate surface area is 91.0 Å². The molecule has 0 saturated carbocycles. The van der Waals surface area contributed by atoms with Crippen LogP contribution in [0.3, 0.4) is 0 Å². The molecular formula is C11H21I. The van der Waals surface area contributed by atoms with E-state index < -0.39 is 0 Å². The molecule has 0 radical (unpaired) electrons. The van der Waals surface area contributed by atoms with E-state index in [9.17, 15) is 0 Å². The smallest absolute Gasteiger partial charge is 0.00547 e. The molecule has 1 heteroatoms. The SMILES string of the molecule is CCC(CC)(CI)CC=C(C)C. The highest BCUT2D eigenvalue weighted by Crippen LogP contribution is 2.33. The van der Waals surface area contributed by atoms with Crippen molar-refractivity contribution in [3.05, 3.63) is 11.6 Å². The molecular weight excluding hydrogens is 259 g/mol. The number of alkyl halides is 1. The largest absolute Gasteiger partial charge is 0.0858 e. The van der Waals surface area contributed by atoms with Gasteiger partial charge in [-0.15, -0.1) is 0 Å². The van der Waals surface area contributed by atoms with Crippen LogP contribution in [-0.4, -0.2) is 4.43 Å². The average molecular weight is 280 g/mol. The molecule has 0 aliphatic rings. The minimum absolute atomic E-state index is 0.567. The van der Waals surface area contributed by atoms with Crippen molar-refractivity contribution in [3.63, 3.8) is 0 Å². The summed E-state index contributed by atoms with van der Waals surface area (Å²) in [5, 5.41) is 0. The Balaban J connectivity index is 4.20. The van der Waals surface area contributed by atoms with Crippen LogP contribution >= 0.6 is 22.6 Å². The molecule has 72 valence electrons. The summed E-state index contributed by atoms with van der Waals surface area (Å²) in [6, 6.07) is 0. The van der Waals surface area contributed by atoms with Gasteiger partial charge in [-0.25, -0.2) is 0 Å². The lowest BCUT2D eigenvalue weighted by Crippen LogP contribution is -2.19. The minimum atomic E-state index is 0.567. The second kappa shape index (κ2) is 6.01. The van der Waals surface area contributed by atoms with Crippen LogP contribution in [-0.2, 0) is 0 Å². The van der Waals surface area contributed by atoms with E-state index in [4.69, 9.17) is 0 Å². The number of hydrogen-bond acceptors (Lipinski definition) is 0. The molecule has 0 amide bonds. The van der Waals surface area contributed by atoms with Gasteiger partial charge in [-0.3, -0.25) is 0 Å². The van der Waals surface area contributed by atoms with Crippen molar-refractivity contribution in [2.75, 3.05) is 4.43 Å². The second-order valence-electron chi connectivity index (χ2n) is 3.83. The Morgan fingerprint density at radius 1 is 1.25 bits per heavy atom. The van der Waals surface area contributed by atoms with Crippen molar-refractivity contribution in [1.82, 2.24) is 0 Å². The molecule has 0 nitrogen and oxygen atoms in total. The Hall–Kier alpha value is 0.470. The van der Waals surface area contributed by atoms with Gasteiger partial charge in [0.2, 0.25) is 0 Å².